The summed E-state index contributed by atoms with van der Waals surface area (Å²) in [5.41, 5.74) is 4.43. The summed E-state index contributed by atoms with van der Waals surface area (Å²) in [4.78, 5) is 41.3. The van der Waals surface area contributed by atoms with Gasteiger partial charge in [-0.15, -0.1) is 11.8 Å². The number of fused-ring (bicyclic) bond motifs is 1. The van der Waals surface area contributed by atoms with E-state index in [0.717, 1.165) is 32.4 Å². The van der Waals surface area contributed by atoms with Gasteiger partial charge in [0.1, 0.15) is 10.9 Å². The molecule has 0 saturated heterocycles. The number of rotatable bonds is 10. The highest BCUT2D eigenvalue weighted by atomic mass is 32.2. The van der Waals surface area contributed by atoms with Gasteiger partial charge in [-0.05, 0) is 77.4 Å². The second-order valence-corrected chi connectivity index (χ2v) is 12.4. The van der Waals surface area contributed by atoms with Crippen LogP contribution in [0.25, 0.3) is 16.8 Å². The maximum absolute atomic E-state index is 13.8. The average molecular weight is 648 g/mol. The lowest BCUT2D eigenvalue weighted by Crippen LogP contribution is -2.30. The fourth-order valence-corrected chi connectivity index (χ4v) is 6.31. The minimum Gasteiger partial charge on any atom is -0.325 e. The Morgan fingerprint density at radius 1 is 0.625 bits per heavy atom. The van der Waals surface area contributed by atoms with Crippen LogP contribution in [0.2, 0.25) is 0 Å². The number of anilines is 2. The van der Waals surface area contributed by atoms with Crippen molar-refractivity contribution >= 4 is 57.7 Å². The highest BCUT2D eigenvalue weighted by Gasteiger charge is 2.23. The normalized spacial score (nSPS) is 11.8. The SMILES string of the molecule is Cc1cccc(/C=C(/NC(=O)c2ccccc2)C(=O)Nc2cccc(SC(C(=O)Nc3ccc4ccccc4c3)c3ccccc3)c2)c1. The average Bonchev–Trinajstić information content (AvgIpc) is 3.11. The molecule has 236 valence electrons. The first kappa shape index (κ1) is 32.0. The van der Waals surface area contributed by atoms with Gasteiger partial charge in [-0.1, -0.05) is 115 Å². The molecule has 1 atom stereocenters. The van der Waals surface area contributed by atoms with Crippen LogP contribution in [0.15, 0.2) is 162 Å². The molecule has 0 heterocycles. The van der Waals surface area contributed by atoms with Gasteiger partial charge in [0.15, 0.2) is 0 Å². The second-order valence-electron chi connectivity index (χ2n) is 11.2. The van der Waals surface area contributed by atoms with Crippen LogP contribution in [0.5, 0.6) is 0 Å². The first-order valence-electron chi connectivity index (χ1n) is 15.5. The topological polar surface area (TPSA) is 87.3 Å². The van der Waals surface area contributed by atoms with E-state index in [2.05, 4.69) is 16.0 Å². The van der Waals surface area contributed by atoms with Crippen molar-refractivity contribution in [3.8, 4) is 0 Å². The summed E-state index contributed by atoms with van der Waals surface area (Å²) in [6.45, 7) is 1.97. The molecule has 0 aliphatic rings. The summed E-state index contributed by atoms with van der Waals surface area (Å²) < 4.78 is 0. The predicted octanol–water partition coefficient (Wildman–Crippen LogP) is 9.03. The monoisotopic (exact) mass is 647 g/mol. The van der Waals surface area contributed by atoms with Gasteiger partial charge in [0.2, 0.25) is 5.91 Å². The fourth-order valence-electron chi connectivity index (χ4n) is 5.23. The zero-order chi connectivity index (χ0) is 33.3. The summed E-state index contributed by atoms with van der Waals surface area (Å²) in [6, 6.07) is 47.2. The highest BCUT2D eigenvalue weighted by Crippen LogP contribution is 2.37. The van der Waals surface area contributed by atoms with Gasteiger partial charge in [-0.25, -0.2) is 0 Å². The number of benzene rings is 6. The van der Waals surface area contributed by atoms with E-state index in [9.17, 15) is 14.4 Å². The molecule has 48 heavy (non-hydrogen) atoms. The fraction of sp³-hybridized carbons (Fsp3) is 0.0488. The molecule has 0 bridgehead atoms. The molecular formula is C41H33N3O3S. The molecule has 0 saturated carbocycles. The second kappa shape index (κ2) is 15.1. The van der Waals surface area contributed by atoms with Gasteiger partial charge in [0.25, 0.3) is 11.8 Å². The Kier molecular flexibility index (Phi) is 10.1. The first-order valence-corrected chi connectivity index (χ1v) is 16.4. The van der Waals surface area contributed by atoms with E-state index in [1.807, 2.05) is 128 Å². The van der Waals surface area contributed by atoms with Crippen LogP contribution in [0, 0.1) is 6.92 Å². The number of hydrogen-bond donors (Lipinski definition) is 3. The maximum Gasteiger partial charge on any atom is 0.272 e. The van der Waals surface area contributed by atoms with Crippen LogP contribution in [-0.2, 0) is 9.59 Å². The van der Waals surface area contributed by atoms with Crippen molar-refractivity contribution in [2.45, 2.75) is 17.1 Å². The van der Waals surface area contributed by atoms with Crippen molar-refractivity contribution in [3.63, 3.8) is 0 Å². The van der Waals surface area contributed by atoms with Crippen LogP contribution >= 0.6 is 11.8 Å². The molecule has 0 aliphatic heterocycles. The van der Waals surface area contributed by atoms with Crippen LogP contribution < -0.4 is 16.0 Å². The summed E-state index contributed by atoms with van der Waals surface area (Å²) in [5, 5.41) is 10.4. The van der Waals surface area contributed by atoms with Gasteiger partial charge in [-0.2, -0.15) is 0 Å². The predicted molar refractivity (Wildman–Crippen MR) is 196 cm³/mol. The van der Waals surface area contributed by atoms with E-state index in [-0.39, 0.29) is 11.6 Å². The quantitative estimate of drug-likeness (QED) is 0.102. The van der Waals surface area contributed by atoms with E-state index in [1.165, 1.54) is 11.8 Å². The van der Waals surface area contributed by atoms with E-state index in [0.29, 0.717) is 16.9 Å². The minimum atomic E-state index is -0.564. The van der Waals surface area contributed by atoms with E-state index in [4.69, 9.17) is 0 Å². The van der Waals surface area contributed by atoms with Gasteiger partial charge in [0, 0.05) is 21.8 Å². The summed E-state index contributed by atoms with van der Waals surface area (Å²) in [5.74, 6) is -1.03. The van der Waals surface area contributed by atoms with E-state index >= 15 is 0 Å². The molecule has 6 rings (SSSR count). The molecule has 7 heteroatoms. The Labute approximate surface area is 283 Å². The van der Waals surface area contributed by atoms with Crippen molar-refractivity contribution < 1.29 is 14.4 Å². The molecule has 1 unspecified atom stereocenters. The lowest BCUT2D eigenvalue weighted by atomic mass is 10.1. The molecule has 0 aromatic heterocycles. The van der Waals surface area contributed by atoms with Crippen molar-refractivity contribution in [2.24, 2.45) is 0 Å². The van der Waals surface area contributed by atoms with Crippen LogP contribution in [0.1, 0.15) is 32.3 Å². The Bertz CT molecular complexity index is 2110. The number of amides is 3. The zero-order valence-corrected chi connectivity index (χ0v) is 27.0. The van der Waals surface area contributed by atoms with Crippen LogP contribution in [0.3, 0.4) is 0 Å². The number of carbonyl (C=O) groups is 3. The molecule has 6 aromatic carbocycles. The standard InChI is InChI=1S/C41H33N3O3S/c1-28-12-10-13-29(24-28)25-37(44-39(45)32-17-6-3-7-18-32)40(46)42-34-20-11-21-36(27-34)48-38(31-15-4-2-5-16-31)41(47)43-35-23-22-30-14-8-9-19-33(30)26-35/h2-27,38H,1H3,(H,42,46)(H,43,47)(H,44,45)/b37-25+. The smallest absolute Gasteiger partial charge is 0.272 e. The number of aryl methyl sites for hydroxylation is 1. The van der Waals surface area contributed by atoms with Gasteiger partial charge in [-0.3, -0.25) is 14.4 Å². The Morgan fingerprint density at radius 3 is 2.08 bits per heavy atom. The van der Waals surface area contributed by atoms with Crippen molar-refractivity contribution in [3.05, 3.63) is 180 Å². The third-order valence-corrected chi connectivity index (χ3v) is 8.83. The Hall–Kier alpha value is -5.92. The first-order chi connectivity index (χ1) is 23.4. The largest absolute Gasteiger partial charge is 0.325 e. The molecule has 0 radical (unpaired) electrons. The molecule has 6 aromatic rings. The Balaban J connectivity index is 1.23. The van der Waals surface area contributed by atoms with Crippen LogP contribution in [-0.4, -0.2) is 17.7 Å². The van der Waals surface area contributed by atoms with Gasteiger partial charge >= 0.3 is 0 Å². The lowest BCUT2D eigenvalue weighted by molar-refractivity contribution is -0.116. The van der Waals surface area contributed by atoms with Crippen molar-refractivity contribution in [1.82, 2.24) is 5.32 Å². The maximum atomic E-state index is 13.8. The summed E-state index contributed by atoms with van der Waals surface area (Å²) >= 11 is 1.39. The molecular weight excluding hydrogens is 615 g/mol. The van der Waals surface area contributed by atoms with Crippen LogP contribution in [0.4, 0.5) is 11.4 Å². The lowest BCUT2D eigenvalue weighted by Gasteiger charge is -2.18. The molecule has 3 amide bonds. The number of carbonyl (C=O) groups excluding carboxylic acids is 3. The number of thioether (sulfide) groups is 1. The third-order valence-electron chi connectivity index (χ3n) is 7.59. The Morgan fingerprint density at radius 2 is 1.31 bits per heavy atom. The van der Waals surface area contributed by atoms with E-state index in [1.54, 1.807) is 36.4 Å². The zero-order valence-electron chi connectivity index (χ0n) is 26.2. The molecule has 0 fully saturated rings. The van der Waals surface area contributed by atoms with E-state index < -0.39 is 17.1 Å². The summed E-state index contributed by atoms with van der Waals surface area (Å²) in [7, 11) is 0. The van der Waals surface area contributed by atoms with Gasteiger partial charge < -0.3 is 16.0 Å². The summed E-state index contributed by atoms with van der Waals surface area (Å²) in [6.07, 6.45) is 1.66. The molecule has 0 spiro atoms. The molecule has 3 N–H and O–H groups in total. The highest BCUT2D eigenvalue weighted by molar-refractivity contribution is 8.00. The minimum absolute atomic E-state index is 0.101. The molecule has 6 nitrogen and oxygen atoms in total. The van der Waals surface area contributed by atoms with Crippen molar-refractivity contribution in [2.75, 3.05) is 10.6 Å². The molecule has 0 aliphatic carbocycles. The van der Waals surface area contributed by atoms with Gasteiger partial charge in [0.05, 0.1) is 0 Å². The number of hydrogen-bond acceptors (Lipinski definition) is 4. The third kappa shape index (κ3) is 8.26. The number of nitrogens with one attached hydrogen (secondary N) is 3. The van der Waals surface area contributed by atoms with Crippen molar-refractivity contribution in [1.29, 1.82) is 0 Å².